The number of nitrogens with zero attached hydrogens (tertiary/aromatic N) is 1. The lowest BCUT2D eigenvalue weighted by Gasteiger charge is -2.08. The minimum atomic E-state index is 0.803. The second-order valence-corrected chi connectivity index (χ2v) is 4.76. The van der Waals surface area contributed by atoms with Crippen LogP contribution in [-0.4, -0.2) is 11.8 Å². The average Bonchev–Trinajstić information content (AvgIpc) is 2.47. The highest BCUT2D eigenvalue weighted by atomic mass is 32.2. The fourth-order valence-corrected chi connectivity index (χ4v) is 3.43. The molecule has 12 heavy (non-hydrogen) atoms. The third-order valence-corrected chi connectivity index (χ3v) is 3.91. The molecule has 0 aliphatic carbocycles. The molecule has 0 atom stereocenters. The summed E-state index contributed by atoms with van der Waals surface area (Å²) < 4.78 is 0. The zero-order valence-electron chi connectivity index (χ0n) is 6.37. The number of thiophene rings is 1. The van der Waals surface area contributed by atoms with E-state index in [1.165, 1.54) is 16.2 Å². The van der Waals surface area contributed by atoms with Gasteiger partial charge in [0.1, 0.15) is 5.00 Å². The number of hydrogen-bond donors (Lipinski definition) is 0. The third-order valence-electron chi connectivity index (χ3n) is 1.77. The summed E-state index contributed by atoms with van der Waals surface area (Å²) in [5.74, 6) is 2.26. The van der Waals surface area contributed by atoms with Gasteiger partial charge in [0, 0.05) is 10.6 Å². The predicted octanol–water partition coefficient (Wildman–Crippen LogP) is 2.50. The first-order valence-corrected chi connectivity index (χ1v) is 5.64. The van der Waals surface area contributed by atoms with Crippen molar-refractivity contribution in [2.24, 2.45) is 4.99 Å². The summed E-state index contributed by atoms with van der Waals surface area (Å²) in [5, 5.41) is 0.803. The van der Waals surface area contributed by atoms with Crippen LogP contribution in [-0.2, 0) is 17.0 Å². The molecule has 0 aromatic carbocycles. The van der Waals surface area contributed by atoms with Gasteiger partial charge in [0.15, 0.2) is 0 Å². The number of aliphatic imine (C=N–C) groups is 1. The summed E-state index contributed by atoms with van der Waals surface area (Å²) in [4.78, 5) is 15.0. The Balaban J connectivity index is 2.37. The Morgan fingerprint density at radius 3 is 3.25 bits per heavy atom. The van der Waals surface area contributed by atoms with Crippen LogP contribution >= 0.6 is 23.1 Å². The van der Waals surface area contributed by atoms with Crippen LogP contribution < -0.4 is 0 Å². The number of carbonyl (C=O) groups excluding carboxylic acids is 1. The third kappa shape index (κ3) is 1.46. The standard InChI is InChI=1S/C8H7NOS2/c10-5-9-8-3-6-4-11-2-1-7(6)12-8/h3H,1-2,4H2. The molecule has 62 valence electrons. The van der Waals surface area contributed by atoms with Crippen LogP contribution in [0.4, 0.5) is 5.00 Å². The van der Waals surface area contributed by atoms with Crippen molar-refractivity contribution < 1.29 is 4.79 Å². The molecule has 4 heteroatoms. The Morgan fingerprint density at radius 2 is 2.50 bits per heavy atom. The van der Waals surface area contributed by atoms with Gasteiger partial charge in [0.05, 0.1) is 0 Å². The zero-order valence-corrected chi connectivity index (χ0v) is 8.00. The quantitative estimate of drug-likeness (QED) is 0.511. The molecule has 1 aliphatic heterocycles. The number of hydrogen-bond acceptors (Lipinski definition) is 4. The maximum absolute atomic E-state index is 10.00. The van der Waals surface area contributed by atoms with Crippen LogP contribution in [0.25, 0.3) is 0 Å². The monoisotopic (exact) mass is 197 g/mol. The molecule has 0 saturated carbocycles. The molecule has 0 radical (unpaired) electrons. The van der Waals surface area contributed by atoms with Gasteiger partial charge in [-0.1, -0.05) is 0 Å². The molecular formula is C8H7NOS2. The van der Waals surface area contributed by atoms with Gasteiger partial charge in [-0.25, -0.2) is 4.79 Å². The molecule has 0 spiro atoms. The maximum Gasteiger partial charge on any atom is 0.241 e. The van der Waals surface area contributed by atoms with E-state index in [1.807, 2.05) is 17.8 Å². The van der Waals surface area contributed by atoms with Crippen molar-refractivity contribution in [3.05, 3.63) is 16.5 Å². The number of fused-ring (bicyclic) bond motifs is 1. The lowest BCUT2D eigenvalue weighted by Crippen LogP contribution is -1.96. The number of aryl methyl sites for hydroxylation is 1. The van der Waals surface area contributed by atoms with Crippen molar-refractivity contribution in [3.63, 3.8) is 0 Å². The summed E-state index contributed by atoms with van der Waals surface area (Å²) in [7, 11) is 0. The average molecular weight is 197 g/mol. The van der Waals surface area contributed by atoms with E-state index in [-0.39, 0.29) is 0 Å². The SMILES string of the molecule is O=C=Nc1cc2c(s1)CCSC2. The van der Waals surface area contributed by atoms with Gasteiger partial charge in [-0.15, -0.1) is 11.3 Å². The van der Waals surface area contributed by atoms with E-state index in [1.54, 1.807) is 17.4 Å². The fraction of sp³-hybridized carbons (Fsp3) is 0.375. The molecule has 1 aromatic rings. The first-order valence-electron chi connectivity index (χ1n) is 3.67. The number of isocyanates is 1. The molecule has 2 nitrogen and oxygen atoms in total. The summed E-state index contributed by atoms with van der Waals surface area (Å²) in [6.07, 6.45) is 2.70. The van der Waals surface area contributed by atoms with Crippen molar-refractivity contribution >= 4 is 34.2 Å². The molecule has 2 rings (SSSR count). The van der Waals surface area contributed by atoms with Gasteiger partial charge in [-0.3, -0.25) is 0 Å². The molecule has 1 aliphatic rings. The van der Waals surface area contributed by atoms with Gasteiger partial charge < -0.3 is 0 Å². The summed E-state index contributed by atoms with van der Waals surface area (Å²) >= 11 is 3.55. The zero-order chi connectivity index (χ0) is 8.39. The lowest BCUT2D eigenvalue weighted by atomic mass is 10.2. The van der Waals surface area contributed by atoms with Crippen LogP contribution in [0.3, 0.4) is 0 Å². The van der Waals surface area contributed by atoms with Crippen molar-refractivity contribution in [2.45, 2.75) is 12.2 Å². The fourth-order valence-electron chi connectivity index (χ4n) is 1.23. The molecular weight excluding hydrogens is 190 g/mol. The molecule has 0 unspecified atom stereocenters. The topological polar surface area (TPSA) is 29.4 Å². The summed E-state index contributed by atoms with van der Waals surface area (Å²) in [5.41, 5.74) is 1.35. The molecule has 0 saturated heterocycles. The highest BCUT2D eigenvalue weighted by molar-refractivity contribution is 7.98. The van der Waals surface area contributed by atoms with E-state index in [2.05, 4.69) is 4.99 Å². The van der Waals surface area contributed by atoms with Gasteiger partial charge in [-0.05, 0) is 23.8 Å². The Bertz CT molecular complexity index is 315. The van der Waals surface area contributed by atoms with Crippen LogP contribution in [0.15, 0.2) is 11.1 Å². The van der Waals surface area contributed by atoms with Gasteiger partial charge in [0.25, 0.3) is 0 Å². The minimum Gasteiger partial charge on any atom is -0.211 e. The molecule has 0 fully saturated rings. The highest BCUT2D eigenvalue weighted by Crippen LogP contribution is 2.35. The van der Waals surface area contributed by atoms with Gasteiger partial charge >= 0.3 is 0 Å². The molecule has 2 heterocycles. The summed E-state index contributed by atoms with van der Waals surface area (Å²) in [6.45, 7) is 0. The predicted molar refractivity (Wildman–Crippen MR) is 52.0 cm³/mol. The Labute approximate surface area is 78.7 Å². The smallest absolute Gasteiger partial charge is 0.211 e. The van der Waals surface area contributed by atoms with Crippen LogP contribution in [0.5, 0.6) is 0 Å². The van der Waals surface area contributed by atoms with Crippen molar-refractivity contribution in [3.8, 4) is 0 Å². The first-order chi connectivity index (χ1) is 5.90. The van der Waals surface area contributed by atoms with Gasteiger partial charge in [0.2, 0.25) is 6.08 Å². The Morgan fingerprint density at radius 1 is 1.58 bits per heavy atom. The number of thioether (sulfide) groups is 1. The molecule has 1 aromatic heterocycles. The van der Waals surface area contributed by atoms with Crippen molar-refractivity contribution in [2.75, 3.05) is 5.75 Å². The van der Waals surface area contributed by atoms with E-state index in [0.717, 1.165) is 17.2 Å². The van der Waals surface area contributed by atoms with Gasteiger partial charge in [-0.2, -0.15) is 16.8 Å². The minimum absolute atomic E-state index is 0.803. The Kier molecular flexibility index (Phi) is 2.30. The number of rotatable bonds is 1. The summed E-state index contributed by atoms with van der Waals surface area (Å²) in [6, 6.07) is 2.00. The lowest BCUT2D eigenvalue weighted by molar-refractivity contribution is 0.565. The van der Waals surface area contributed by atoms with E-state index < -0.39 is 0 Å². The van der Waals surface area contributed by atoms with Crippen molar-refractivity contribution in [1.82, 2.24) is 0 Å². The van der Waals surface area contributed by atoms with Crippen molar-refractivity contribution in [1.29, 1.82) is 0 Å². The highest BCUT2D eigenvalue weighted by Gasteiger charge is 2.12. The van der Waals surface area contributed by atoms with E-state index in [9.17, 15) is 4.79 Å². The normalized spacial score (nSPS) is 15.0. The first kappa shape index (κ1) is 8.05. The maximum atomic E-state index is 10.00. The van der Waals surface area contributed by atoms with Crippen LogP contribution in [0.1, 0.15) is 10.4 Å². The molecule has 0 amide bonds. The Hall–Kier alpha value is -0.570. The molecule has 0 bridgehead atoms. The second kappa shape index (κ2) is 3.44. The molecule has 0 N–H and O–H groups in total. The second-order valence-electron chi connectivity index (χ2n) is 2.54. The van der Waals surface area contributed by atoms with Crippen LogP contribution in [0, 0.1) is 0 Å². The van der Waals surface area contributed by atoms with E-state index >= 15 is 0 Å². The van der Waals surface area contributed by atoms with E-state index in [0.29, 0.717) is 0 Å². The van der Waals surface area contributed by atoms with Crippen LogP contribution in [0.2, 0.25) is 0 Å². The van der Waals surface area contributed by atoms with E-state index in [4.69, 9.17) is 0 Å². The largest absolute Gasteiger partial charge is 0.241 e.